The first-order chi connectivity index (χ1) is 13.9. The second kappa shape index (κ2) is 9.13. The summed E-state index contributed by atoms with van der Waals surface area (Å²) in [4.78, 5) is 26.8. The van der Waals surface area contributed by atoms with Gasteiger partial charge in [-0.1, -0.05) is 11.6 Å². The minimum atomic E-state index is -0.256. The van der Waals surface area contributed by atoms with Crippen molar-refractivity contribution in [1.29, 1.82) is 0 Å². The molecule has 0 aliphatic carbocycles. The summed E-state index contributed by atoms with van der Waals surface area (Å²) in [6.45, 7) is 0.908. The van der Waals surface area contributed by atoms with E-state index < -0.39 is 0 Å². The average molecular weight is 419 g/mol. The highest BCUT2D eigenvalue weighted by Crippen LogP contribution is 2.28. The number of piperidine rings is 1. The number of carbonyl (C=O) groups excluding carboxylic acids is 2. The molecule has 0 bridgehead atoms. The summed E-state index contributed by atoms with van der Waals surface area (Å²) < 4.78 is 5.10. The molecule has 1 heterocycles. The highest BCUT2D eigenvalue weighted by molar-refractivity contribution is 6.32. The van der Waals surface area contributed by atoms with Gasteiger partial charge in [0.05, 0.1) is 17.8 Å². The van der Waals surface area contributed by atoms with Crippen LogP contribution in [0.3, 0.4) is 0 Å². The molecular weight excluding hydrogens is 398 g/mol. The van der Waals surface area contributed by atoms with Crippen molar-refractivity contribution in [1.82, 2.24) is 4.90 Å². The van der Waals surface area contributed by atoms with E-state index in [2.05, 4.69) is 5.32 Å². The van der Waals surface area contributed by atoms with Crippen LogP contribution in [0.4, 0.5) is 11.4 Å². The second-order valence-electron chi connectivity index (χ2n) is 6.72. The summed E-state index contributed by atoms with van der Waals surface area (Å²) in [5, 5.41) is 22.7. The number of anilines is 2. The lowest BCUT2D eigenvalue weighted by Crippen LogP contribution is -2.41. The number of nitrogens with zero attached hydrogens (tertiary/aromatic N) is 2. The molecule has 8 nitrogen and oxygen atoms in total. The van der Waals surface area contributed by atoms with Crippen molar-refractivity contribution >= 4 is 34.8 Å². The molecule has 29 heavy (non-hydrogen) atoms. The first-order valence-corrected chi connectivity index (χ1v) is 9.46. The van der Waals surface area contributed by atoms with Crippen LogP contribution in [0.15, 0.2) is 42.5 Å². The number of halogens is 1. The Labute approximate surface area is 173 Å². The minimum Gasteiger partial charge on any atom is -0.733 e. The van der Waals surface area contributed by atoms with Gasteiger partial charge in [-0.15, -0.1) is 0 Å². The molecule has 2 aromatic rings. The van der Waals surface area contributed by atoms with Gasteiger partial charge in [-0.2, -0.15) is 0 Å². The standard InChI is InChI=1S/C20H21ClN3O5/c1-29-18-7-4-15(12-17(18)21)22-19(25)13-8-10-23(11-9-13)20(26)14-2-5-16(6-3-14)24(27)28/h2-7,12-13,27H,8-11H2,1H3,(H,22,25)/q-1. The number of benzene rings is 2. The Balaban J connectivity index is 1.54. The van der Waals surface area contributed by atoms with Gasteiger partial charge in [0.15, 0.2) is 0 Å². The Morgan fingerprint density at radius 2 is 1.86 bits per heavy atom. The molecular formula is C20H21ClN3O5-. The van der Waals surface area contributed by atoms with E-state index in [1.165, 1.54) is 31.4 Å². The third-order valence-corrected chi connectivity index (χ3v) is 5.20. The van der Waals surface area contributed by atoms with Crippen LogP contribution in [0.25, 0.3) is 0 Å². The Kier molecular flexibility index (Phi) is 6.58. The molecule has 0 saturated carbocycles. The molecule has 0 aromatic heterocycles. The van der Waals surface area contributed by atoms with Gasteiger partial charge >= 0.3 is 0 Å². The van der Waals surface area contributed by atoms with Crippen molar-refractivity contribution < 1.29 is 19.5 Å². The summed E-state index contributed by atoms with van der Waals surface area (Å²) >= 11 is 6.08. The summed E-state index contributed by atoms with van der Waals surface area (Å²) in [5.41, 5.74) is 1.07. The normalized spacial score (nSPS) is 14.4. The minimum absolute atomic E-state index is 0.0514. The number of hydrogen-bond acceptors (Lipinski definition) is 6. The van der Waals surface area contributed by atoms with E-state index in [0.29, 0.717) is 48.0 Å². The van der Waals surface area contributed by atoms with Crippen LogP contribution in [0.1, 0.15) is 23.2 Å². The van der Waals surface area contributed by atoms with Crippen molar-refractivity contribution in [2.24, 2.45) is 5.92 Å². The van der Waals surface area contributed by atoms with Crippen LogP contribution in [0, 0.1) is 11.1 Å². The number of hydrogen-bond donors (Lipinski definition) is 2. The Hall–Kier alpha value is -2.81. The van der Waals surface area contributed by atoms with Gasteiger partial charge in [0.2, 0.25) is 5.91 Å². The van der Waals surface area contributed by atoms with Crippen LogP contribution >= 0.6 is 11.6 Å². The van der Waals surface area contributed by atoms with Gasteiger partial charge in [0, 0.05) is 30.3 Å². The van der Waals surface area contributed by atoms with Crippen molar-refractivity contribution in [3.05, 3.63) is 58.3 Å². The number of likely N-dealkylation sites (tertiary alicyclic amines) is 1. The monoisotopic (exact) mass is 418 g/mol. The van der Waals surface area contributed by atoms with Gasteiger partial charge in [0.1, 0.15) is 5.75 Å². The van der Waals surface area contributed by atoms with E-state index in [0.717, 1.165) is 0 Å². The van der Waals surface area contributed by atoms with Gasteiger partial charge in [-0.05, 0) is 55.3 Å². The Morgan fingerprint density at radius 3 is 2.41 bits per heavy atom. The van der Waals surface area contributed by atoms with Crippen molar-refractivity contribution in [2.75, 3.05) is 30.7 Å². The van der Waals surface area contributed by atoms with Crippen molar-refractivity contribution in [3.63, 3.8) is 0 Å². The fourth-order valence-corrected chi connectivity index (χ4v) is 3.51. The number of methoxy groups -OCH3 is 1. The van der Waals surface area contributed by atoms with Crippen LogP contribution in [0.2, 0.25) is 5.02 Å². The number of amides is 2. The molecule has 0 atom stereocenters. The predicted molar refractivity (Wildman–Crippen MR) is 109 cm³/mol. The topological polar surface area (TPSA) is 105 Å². The van der Waals surface area contributed by atoms with E-state index in [1.54, 1.807) is 23.1 Å². The van der Waals surface area contributed by atoms with Crippen LogP contribution < -0.4 is 15.3 Å². The molecule has 154 valence electrons. The van der Waals surface area contributed by atoms with E-state index in [4.69, 9.17) is 21.5 Å². The SMILES string of the molecule is COc1ccc(NC(=O)C2CCN(C(=O)c3ccc(N([O-])O)cc3)CC2)cc1Cl. The molecule has 2 aromatic carbocycles. The molecule has 1 aliphatic rings. The molecule has 1 aliphatic heterocycles. The summed E-state index contributed by atoms with van der Waals surface area (Å²) in [7, 11) is 1.52. The highest BCUT2D eigenvalue weighted by Gasteiger charge is 2.28. The largest absolute Gasteiger partial charge is 0.733 e. The lowest BCUT2D eigenvalue weighted by Gasteiger charge is -2.31. The van der Waals surface area contributed by atoms with Crippen LogP contribution in [-0.2, 0) is 4.79 Å². The number of carbonyl (C=O) groups is 2. The summed E-state index contributed by atoms with van der Waals surface area (Å²) in [6, 6.07) is 10.8. The van der Waals surface area contributed by atoms with Crippen molar-refractivity contribution in [3.8, 4) is 5.75 Å². The molecule has 0 spiro atoms. The smallest absolute Gasteiger partial charge is 0.253 e. The molecule has 1 fully saturated rings. The van der Waals surface area contributed by atoms with Gasteiger partial charge < -0.3 is 25.4 Å². The predicted octanol–water partition coefficient (Wildman–Crippen LogP) is 3.53. The van der Waals surface area contributed by atoms with Gasteiger partial charge in [0.25, 0.3) is 5.91 Å². The van der Waals surface area contributed by atoms with E-state index >= 15 is 0 Å². The third kappa shape index (κ3) is 4.97. The first-order valence-electron chi connectivity index (χ1n) is 9.09. The van der Waals surface area contributed by atoms with E-state index in [1.807, 2.05) is 0 Å². The van der Waals surface area contributed by atoms with Crippen molar-refractivity contribution in [2.45, 2.75) is 12.8 Å². The molecule has 3 rings (SSSR count). The maximum atomic E-state index is 12.6. The Morgan fingerprint density at radius 1 is 1.21 bits per heavy atom. The van der Waals surface area contributed by atoms with Gasteiger partial charge in [-0.25, -0.2) is 0 Å². The van der Waals surface area contributed by atoms with Crippen LogP contribution in [-0.4, -0.2) is 42.1 Å². The number of nitrogens with one attached hydrogen (secondary N) is 1. The maximum Gasteiger partial charge on any atom is 0.253 e. The van der Waals surface area contributed by atoms with E-state index in [-0.39, 0.29) is 28.6 Å². The summed E-state index contributed by atoms with van der Waals surface area (Å²) in [5.74, 6) is 0.0473. The third-order valence-electron chi connectivity index (χ3n) is 4.91. The maximum absolute atomic E-state index is 12.6. The lowest BCUT2D eigenvalue weighted by atomic mass is 9.95. The number of rotatable bonds is 5. The molecule has 0 radical (unpaired) electrons. The lowest BCUT2D eigenvalue weighted by molar-refractivity contribution is -0.121. The highest BCUT2D eigenvalue weighted by atomic mass is 35.5. The van der Waals surface area contributed by atoms with Gasteiger partial charge in [-0.3, -0.25) is 14.8 Å². The zero-order chi connectivity index (χ0) is 21.0. The van der Waals surface area contributed by atoms with E-state index in [9.17, 15) is 14.8 Å². The molecule has 1 saturated heterocycles. The summed E-state index contributed by atoms with van der Waals surface area (Å²) in [6.07, 6.45) is 1.09. The average Bonchev–Trinajstić information content (AvgIpc) is 2.73. The zero-order valence-electron chi connectivity index (χ0n) is 15.8. The molecule has 9 heteroatoms. The fourth-order valence-electron chi connectivity index (χ4n) is 3.25. The Bertz CT molecular complexity index is 880. The second-order valence-corrected chi connectivity index (χ2v) is 7.13. The number of ether oxygens (including phenoxy) is 1. The molecule has 2 N–H and O–H groups in total. The molecule has 0 unspecified atom stereocenters. The fraction of sp³-hybridized carbons (Fsp3) is 0.300. The zero-order valence-corrected chi connectivity index (χ0v) is 16.6. The molecule has 2 amide bonds. The quantitative estimate of drug-likeness (QED) is 0.719. The van der Waals surface area contributed by atoms with Crippen LogP contribution in [0.5, 0.6) is 5.75 Å². The first kappa shape index (κ1) is 20.9.